The molecule has 2 aromatic carbocycles. The lowest BCUT2D eigenvalue weighted by Crippen LogP contribution is -2.21. The first kappa shape index (κ1) is 29.8. The van der Waals surface area contributed by atoms with Crippen LogP contribution in [0.4, 0.5) is 14.5 Å². The lowest BCUT2D eigenvalue weighted by molar-refractivity contribution is 0.102. The fraction of sp³-hybridized carbons (Fsp3) is 0.0625. The van der Waals surface area contributed by atoms with E-state index in [2.05, 4.69) is 45.2 Å². The van der Waals surface area contributed by atoms with E-state index in [1.54, 1.807) is 48.5 Å². The second-order valence-electron chi connectivity index (χ2n) is 10.6. The van der Waals surface area contributed by atoms with E-state index in [0.29, 0.717) is 50.2 Å². The van der Waals surface area contributed by atoms with Gasteiger partial charge in [0, 0.05) is 35.6 Å². The Kier molecular flexibility index (Phi) is 7.46. The Labute approximate surface area is 265 Å². The predicted molar refractivity (Wildman–Crippen MR) is 171 cm³/mol. The number of hydrogen-bond acceptors (Lipinski definition) is 8. The van der Waals surface area contributed by atoms with Crippen molar-refractivity contribution >= 4 is 43.7 Å². The summed E-state index contributed by atoms with van der Waals surface area (Å²) in [5.41, 5.74) is 3.65. The SMILES string of the molecule is CS(=O)(=O)NCc1cc(F)cc(-c2ccnc3[nH]c(-c4n[nH]c5cnc(-c6cncc(NC(=O)c7ccccc7)c6)c(F)c45)nc23)c1. The van der Waals surface area contributed by atoms with Crippen molar-refractivity contribution in [2.24, 2.45) is 0 Å². The zero-order chi connectivity index (χ0) is 32.7. The van der Waals surface area contributed by atoms with Crippen molar-refractivity contribution in [1.29, 1.82) is 0 Å². The minimum absolute atomic E-state index is 0.0200. The number of halogens is 2. The Balaban J connectivity index is 1.25. The second-order valence-corrected chi connectivity index (χ2v) is 12.5. The monoisotopic (exact) mass is 651 g/mol. The first-order chi connectivity index (χ1) is 22.6. The van der Waals surface area contributed by atoms with E-state index in [9.17, 15) is 17.6 Å². The summed E-state index contributed by atoms with van der Waals surface area (Å²) in [7, 11) is -3.49. The average Bonchev–Trinajstić information content (AvgIpc) is 3.69. The summed E-state index contributed by atoms with van der Waals surface area (Å²) in [6.07, 6.45) is 6.86. The highest BCUT2D eigenvalue weighted by Crippen LogP contribution is 2.34. The molecule has 4 N–H and O–H groups in total. The van der Waals surface area contributed by atoms with Crippen LogP contribution in [-0.2, 0) is 16.6 Å². The molecule has 0 bridgehead atoms. The maximum absolute atomic E-state index is 16.3. The van der Waals surface area contributed by atoms with Crippen LogP contribution in [-0.4, -0.2) is 55.7 Å². The molecule has 47 heavy (non-hydrogen) atoms. The number of imidazole rings is 1. The number of pyridine rings is 3. The number of anilines is 1. The van der Waals surface area contributed by atoms with Crippen molar-refractivity contribution in [3.8, 4) is 33.9 Å². The number of sulfonamides is 1. The van der Waals surface area contributed by atoms with Gasteiger partial charge < -0.3 is 10.3 Å². The Morgan fingerprint density at radius 3 is 2.57 bits per heavy atom. The number of nitrogens with zero attached hydrogens (tertiary/aromatic N) is 5. The summed E-state index contributed by atoms with van der Waals surface area (Å²) in [5, 5.41) is 9.95. The quantitative estimate of drug-likeness (QED) is 0.174. The lowest BCUT2D eigenvalue weighted by Gasteiger charge is -2.08. The summed E-state index contributed by atoms with van der Waals surface area (Å²) < 4.78 is 56.4. The molecule has 7 rings (SSSR count). The van der Waals surface area contributed by atoms with Crippen molar-refractivity contribution in [2.45, 2.75) is 6.54 Å². The fourth-order valence-corrected chi connectivity index (χ4v) is 5.59. The number of hydrogen-bond donors (Lipinski definition) is 4. The number of aromatic amines is 2. The van der Waals surface area contributed by atoms with Crippen molar-refractivity contribution < 1.29 is 22.0 Å². The largest absolute Gasteiger partial charge is 0.321 e. The minimum atomic E-state index is -3.49. The standard InChI is InChI=1S/C32H23F2N9O3S/c1-47(45,46)38-13-17-9-19(11-21(33)10-17)23-7-8-36-30-28(23)40-31(41-30)29-25-24(42-43-29)16-37-27(26(25)34)20-12-22(15-35-14-20)39-32(44)18-5-3-2-4-6-18/h2-12,14-16,38H,13H2,1H3,(H,39,44)(H,42,43)(H,36,40,41). The molecule has 5 aromatic heterocycles. The molecular weight excluding hydrogens is 628 g/mol. The second kappa shape index (κ2) is 11.8. The molecule has 0 aliphatic carbocycles. The van der Waals surface area contributed by atoms with Crippen LogP contribution in [0, 0.1) is 11.6 Å². The molecule has 5 heterocycles. The Hall–Kier alpha value is -5.93. The first-order valence-corrected chi connectivity index (χ1v) is 16.0. The smallest absolute Gasteiger partial charge is 0.255 e. The third-order valence-corrected chi connectivity index (χ3v) is 7.93. The highest BCUT2D eigenvalue weighted by molar-refractivity contribution is 7.88. The lowest BCUT2D eigenvalue weighted by atomic mass is 10.0. The molecule has 0 saturated heterocycles. The summed E-state index contributed by atoms with van der Waals surface area (Å²) in [6.45, 7) is -0.101. The molecule has 1 amide bonds. The van der Waals surface area contributed by atoms with Gasteiger partial charge in [0.25, 0.3) is 5.91 Å². The van der Waals surface area contributed by atoms with Gasteiger partial charge in [-0.2, -0.15) is 5.10 Å². The molecule has 0 aliphatic heterocycles. The number of fused-ring (bicyclic) bond motifs is 2. The number of carbonyl (C=O) groups is 1. The molecule has 234 valence electrons. The highest BCUT2D eigenvalue weighted by Gasteiger charge is 2.22. The topological polar surface area (TPSA) is 171 Å². The minimum Gasteiger partial charge on any atom is -0.321 e. The van der Waals surface area contributed by atoms with Gasteiger partial charge in [0.05, 0.1) is 35.2 Å². The van der Waals surface area contributed by atoms with Gasteiger partial charge in [-0.05, 0) is 53.6 Å². The van der Waals surface area contributed by atoms with Crippen LogP contribution in [0.1, 0.15) is 15.9 Å². The average molecular weight is 652 g/mol. The summed E-state index contributed by atoms with van der Waals surface area (Å²) in [4.78, 5) is 33.2. The first-order valence-electron chi connectivity index (χ1n) is 14.1. The number of H-pyrrole nitrogens is 2. The van der Waals surface area contributed by atoms with Crippen LogP contribution in [0.5, 0.6) is 0 Å². The summed E-state index contributed by atoms with van der Waals surface area (Å²) in [6, 6.07) is 16.1. The normalized spacial score (nSPS) is 11.7. The van der Waals surface area contributed by atoms with E-state index in [1.807, 2.05) is 0 Å². The van der Waals surface area contributed by atoms with Gasteiger partial charge in [-0.3, -0.25) is 19.9 Å². The van der Waals surface area contributed by atoms with Crippen molar-refractivity contribution in [2.75, 3.05) is 11.6 Å². The van der Waals surface area contributed by atoms with E-state index in [1.165, 1.54) is 36.9 Å². The maximum atomic E-state index is 16.3. The number of rotatable bonds is 8. The molecule has 0 aliphatic rings. The van der Waals surface area contributed by atoms with Crippen LogP contribution in [0.2, 0.25) is 0 Å². The van der Waals surface area contributed by atoms with Gasteiger partial charge in [-0.15, -0.1) is 0 Å². The molecule has 12 nitrogen and oxygen atoms in total. The Bertz CT molecular complexity index is 2430. The Morgan fingerprint density at radius 2 is 1.77 bits per heavy atom. The van der Waals surface area contributed by atoms with Crippen molar-refractivity contribution in [3.05, 3.63) is 108 Å². The third-order valence-electron chi connectivity index (χ3n) is 7.27. The molecule has 0 radical (unpaired) electrons. The molecule has 15 heteroatoms. The highest BCUT2D eigenvalue weighted by atomic mass is 32.2. The molecular formula is C32H23F2N9O3S. The van der Waals surface area contributed by atoms with Crippen LogP contribution < -0.4 is 10.0 Å². The van der Waals surface area contributed by atoms with Crippen LogP contribution >= 0.6 is 0 Å². The third kappa shape index (κ3) is 6.04. The predicted octanol–water partition coefficient (Wildman–Crippen LogP) is 5.20. The van der Waals surface area contributed by atoms with Crippen molar-refractivity contribution in [3.63, 3.8) is 0 Å². The van der Waals surface area contributed by atoms with Gasteiger partial charge in [0.15, 0.2) is 17.3 Å². The zero-order valence-corrected chi connectivity index (χ0v) is 25.2. The van der Waals surface area contributed by atoms with Crippen LogP contribution in [0.3, 0.4) is 0 Å². The van der Waals surface area contributed by atoms with Crippen LogP contribution in [0.25, 0.3) is 56.0 Å². The number of amides is 1. The van der Waals surface area contributed by atoms with Crippen LogP contribution in [0.15, 0.2) is 85.5 Å². The number of aromatic nitrogens is 7. The maximum Gasteiger partial charge on any atom is 0.255 e. The molecule has 0 fully saturated rings. The Morgan fingerprint density at radius 1 is 0.936 bits per heavy atom. The summed E-state index contributed by atoms with van der Waals surface area (Å²) >= 11 is 0. The summed E-state index contributed by atoms with van der Waals surface area (Å²) in [5.74, 6) is -1.41. The molecule has 0 saturated carbocycles. The number of carbonyl (C=O) groups excluding carboxylic acids is 1. The molecule has 7 aromatic rings. The van der Waals surface area contributed by atoms with E-state index in [4.69, 9.17) is 0 Å². The molecule has 0 atom stereocenters. The molecule has 0 unspecified atom stereocenters. The number of benzene rings is 2. The fourth-order valence-electron chi connectivity index (χ4n) is 5.16. The van der Waals surface area contributed by atoms with Gasteiger partial charge in [0.1, 0.15) is 22.7 Å². The zero-order valence-electron chi connectivity index (χ0n) is 24.4. The van der Waals surface area contributed by atoms with E-state index >= 15 is 4.39 Å². The van der Waals surface area contributed by atoms with Crippen molar-refractivity contribution in [1.82, 2.24) is 39.8 Å². The van der Waals surface area contributed by atoms with E-state index < -0.39 is 21.7 Å². The number of nitrogens with one attached hydrogen (secondary N) is 4. The van der Waals surface area contributed by atoms with Gasteiger partial charge in [-0.1, -0.05) is 18.2 Å². The van der Waals surface area contributed by atoms with E-state index in [0.717, 1.165) is 6.26 Å². The van der Waals surface area contributed by atoms with Gasteiger partial charge in [-0.25, -0.2) is 31.9 Å². The molecule has 0 spiro atoms. The van der Waals surface area contributed by atoms with E-state index in [-0.39, 0.29) is 35.1 Å². The van der Waals surface area contributed by atoms with Gasteiger partial charge >= 0.3 is 0 Å². The van der Waals surface area contributed by atoms with Gasteiger partial charge in [0.2, 0.25) is 10.0 Å².